The Labute approximate surface area is 97.7 Å². The summed E-state index contributed by atoms with van der Waals surface area (Å²) in [7, 11) is 0. The van der Waals surface area contributed by atoms with Crippen LogP contribution in [0.2, 0.25) is 0 Å². The molecule has 0 saturated carbocycles. The first-order valence-corrected chi connectivity index (χ1v) is 5.44. The van der Waals surface area contributed by atoms with E-state index in [1.54, 1.807) is 0 Å². The normalized spacial score (nSPS) is 23.6. The number of carbonyl (C=O) groups excluding carboxylic acids is 2. The van der Waals surface area contributed by atoms with Crippen LogP contribution in [0.3, 0.4) is 0 Å². The second kappa shape index (κ2) is 4.33. The fraction of sp³-hybridized carbons (Fsp3) is 0.700. The van der Waals surface area contributed by atoms with Crippen molar-refractivity contribution in [2.24, 2.45) is 5.41 Å². The summed E-state index contributed by atoms with van der Waals surface area (Å²) < 4.78 is 5.13. The quantitative estimate of drug-likeness (QED) is 0.645. The molecule has 0 atom stereocenters. The Morgan fingerprint density at radius 1 is 1.41 bits per heavy atom. The van der Waals surface area contributed by atoms with Gasteiger partial charge in [-0.15, -0.1) is 0 Å². The average molecular weight is 242 g/mol. The van der Waals surface area contributed by atoms with E-state index in [0.717, 1.165) is 4.90 Å². The standard InChI is InChI=1S/C10H14N2O5/c13-7-5-11-9(16)12(7)6-10(8(14)15)1-3-17-4-2-10/h1-6H2,(H,11,16)(H,14,15). The molecular weight excluding hydrogens is 228 g/mol. The van der Waals surface area contributed by atoms with Crippen molar-refractivity contribution in [3.05, 3.63) is 0 Å². The lowest BCUT2D eigenvalue weighted by Gasteiger charge is -2.35. The fourth-order valence-corrected chi connectivity index (χ4v) is 2.12. The van der Waals surface area contributed by atoms with Gasteiger partial charge >= 0.3 is 12.0 Å². The van der Waals surface area contributed by atoms with Gasteiger partial charge in [0.15, 0.2) is 0 Å². The lowest BCUT2D eigenvalue weighted by Crippen LogP contribution is -2.48. The van der Waals surface area contributed by atoms with E-state index in [0.29, 0.717) is 26.1 Å². The Balaban J connectivity index is 2.15. The van der Waals surface area contributed by atoms with Crippen LogP contribution in [0.5, 0.6) is 0 Å². The average Bonchev–Trinajstić information content (AvgIpc) is 2.62. The largest absolute Gasteiger partial charge is 0.481 e. The van der Waals surface area contributed by atoms with Crippen molar-refractivity contribution in [1.82, 2.24) is 10.2 Å². The molecule has 0 aromatic carbocycles. The summed E-state index contributed by atoms with van der Waals surface area (Å²) in [5, 5.41) is 11.7. The van der Waals surface area contributed by atoms with Crippen molar-refractivity contribution in [1.29, 1.82) is 0 Å². The van der Waals surface area contributed by atoms with Crippen LogP contribution >= 0.6 is 0 Å². The van der Waals surface area contributed by atoms with Gasteiger partial charge in [-0.1, -0.05) is 0 Å². The van der Waals surface area contributed by atoms with Gasteiger partial charge in [-0.2, -0.15) is 0 Å². The van der Waals surface area contributed by atoms with Crippen LogP contribution in [-0.2, 0) is 14.3 Å². The number of hydrogen-bond acceptors (Lipinski definition) is 4. The molecule has 2 aliphatic heterocycles. The summed E-state index contributed by atoms with van der Waals surface area (Å²) >= 11 is 0. The van der Waals surface area contributed by atoms with Gasteiger partial charge < -0.3 is 15.2 Å². The van der Waals surface area contributed by atoms with E-state index in [1.165, 1.54) is 0 Å². The van der Waals surface area contributed by atoms with E-state index >= 15 is 0 Å². The monoisotopic (exact) mass is 242 g/mol. The van der Waals surface area contributed by atoms with E-state index in [2.05, 4.69) is 5.32 Å². The minimum absolute atomic E-state index is 0.0506. The van der Waals surface area contributed by atoms with Gasteiger partial charge in [0.2, 0.25) is 5.91 Å². The molecule has 0 unspecified atom stereocenters. The van der Waals surface area contributed by atoms with Crippen molar-refractivity contribution >= 4 is 17.9 Å². The molecule has 2 rings (SSSR count). The highest BCUT2D eigenvalue weighted by Gasteiger charge is 2.45. The molecule has 3 amide bonds. The van der Waals surface area contributed by atoms with Gasteiger partial charge in [-0.25, -0.2) is 4.79 Å². The van der Waals surface area contributed by atoms with Crippen LogP contribution in [0.15, 0.2) is 0 Å². The number of carbonyl (C=O) groups is 3. The van der Waals surface area contributed by atoms with Crippen molar-refractivity contribution in [2.75, 3.05) is 26.3 Å². The van der Waals surface area contributed by atoms with E-state index in [1.807, 2.05) is 0 Å². The molecule has 0 bridgehead atoms. The second-order valence-electron chi connectivity index (χ2n) is 4.34. The van der Waals surface area contributed by atoms with Crippen LogP contribution < -0.4 is 5.32 Å². The molecule has 2 N–H and O–H groups in total. The molecule has 17 heavy (non-hydrogen) atoms. The molecule has 0 aromatic rings. The van der Waals surface area contributed by atoms with Crippen molar-refractivity contribution in [2.45, 2.75) is 12.8 Å². The SMILES string of the molecule is O=C1CNC(=O)N1CC1(C(=O)O)CCOCC1. The van der Waals surface area contributed by atoms with Gasteiger partial charge in [0, 0.05) is 19.8 Å². The van der Waals surface area contributed by atoms with Crippen molar-refractivity contribution in [3.63, 3.8) is 0 Å². The molecule has 2 saturated heterocycles. The lowest BCUT2D eigenvalue weighted by atomic mass is 9.80. The van der Waals surface area contributed by atoms with Crippen LogP contribution in [0.1, 0.15) is 12.8 Å². The number of rotatable bonds is 3. The summed E-state index contributed by atoms with van der Waals surface area (Å²) in [6.45, 7) is 0.563. The van der Waals surface area contributed by atoms with Crippen LogP contribution in [-0.4, -0.2) is 54.2 Å². The zero-order valence-corrected chi connectivity index (χ0v) is 9.27. The Morgan fingerprint density at radius 2 is 2.06 bits per heavy atom. The molecule has 94 valence electrons. The van der Waals surface area contributed by atoms with E-state index in [9.17, 15) is 19.5 Å². The van der Waals surface area contributed by atoms with Crippen LogP contribution in [0, 0.1) is 5.41 Å². The van der Waals surface area contributed by atoms with Crippen LogP contribution in [0.4, 0.5) is 4.79 Å². The Hall–Kier alpha value is -1.63. The second-order valence-corrected chi connectivity index (χ2v) is 4.34. The summed E-state index contributed by atoms with van der Waals surface area (Å²) in [6.07, 6.45) is 0.638. The maximum absolute atomic E-state index is 11.4. The summed E-state index contributed by atoms with van der Waals surface area (Å²) in [5.74, 6) is -1.35. The predicted molar refractivity (Wildman–Crippen MR) is 55.2 cm³/mol. The Morgan fingerprint density at radius 3 is 2.53 bits per heavy atom. The minimum atomic E-state index is -1.06. The highest BCUT2D eigenvalue weighted by molar-refractivity contribution is 6.02. The Bertz CT molecular complexity index is 346. The number of urea groups is 1. The smallest absolute Gasteiger partial charge is 0.324 e. The first-order valence-electron chi connectivity index (χ1n) is 5.44. The topological polar surface area (TPSA) is 95.9 Å². The fourth-order valence-electron chi connectivity index (χ4n) is 2.12. The first-order chi connectivity index (χ1) is 8.05. The third-order valence-electron chi connectivity index (χ3n) is 3.30. The summed E-state index contributed by atoms with van der Waals surface area (Å²) in [4.78, 5) is 35.2. The zero-order valence-electron chi connectivity index (χ0n) is 9.27. The number of nitrogens with zero attached hydrogens (tertiary/aromatic N) is 1. The predicted octanol–water partition coefficient (Wildman–Crippen LogP) is -0.580. The van der Waals surface area contributed by atoms with Gasteiger partial charge in [-0.3, -0.25) is 14.5 Å². The number of nitrogens with one attached hydrogen (secondary N) is 1. The molecule has 0 spiro atoms. The number of ether oxygens (including phenoxy) is 1. The third kappa shape index (κ3) is 2.10. The van der Waals surface area contributed by atoms with Gasteiger partial charge in [0.05, 0.1) is 12.0 Å². The van der Waals surface area contributed by atoms with Crippen LogP contribution in [0.25, 0.3) is 0 Å². The highest BCUT2D eigenvalue weighted by Crippen LogP contribution is 2.32. The van der Waals surface area contributed by atoms with Gasteiger partial charge in [0.1, 0.15) is 0 Å². The number of carboxylic acid groups (broad SMARTS) is 1. The van der Waals surface area contributed by atoms with Crippen molar-refractivity contribution in [3.8, 4) is 0 Å². The van der Waals surface area contributed by atoms with Crippen molar-refractivity contribution < 1.29 is 24.2 Å². The molecule has 2 aliphatic rings. The van der Waals surface area contributed by atoms with E-state index in [4.69, 9.17) is 4.74 Å². The van der Waals surface area contributed by atoms with Gasteiger partial charge in [-0.05, 0) is 12.8 Å². The zero-order chi connectivity index (χ0) is 12.5. The minimum Gasteiger partial charge on any atom is -0.481 e. The molecule has 0 aliphatic carbocycles. The first kappa shape index (κ1) is 11.8. The molecule has 2 fully saturated rings. The number of carboxylic acids is 1. The molecular formula is C10H14N2O5. The molecule has 7 nitrogen and oxygen atoms in total. The molecule has 7 heteroatoms. The third-order valence-corrected chi connectivity index (χ3v) is 3.30. The number of amides is 3. The summed E-state index contributed by atoms with van der Waals surface area (Å²) in [5.41, 5.74) is -1.06. The maximum atomic E-state index is 11.4. The number of aliphatic carboxylic acids is 1. The number of hydrogen-bond donors (Lipinski definition) is 2. The van der Waals surface area contributed by atoms with Gasteiger partial charge in [0.25, 0.3) is 0 Å². The molecule has 2 heterocycles. The lowest BCUT2D eigenvalue weighted by molar-refractivity contribution is -0.156. The Kier molecular flexibility index (Phi) is 3.01. The van der Waals surface area contributed by atoms with E-state index < -0.39 is 17.4 Å². The summed E-state index contributed by atoms with van der Waals surface area (Å²) in [6, 6.07) is -0.512. The number of imide groups is 1. The van der Waals surface area contributed by atoms with E-state index in [-0.39, 0.29) is 19.0 Å². The maximum Gasteiger partial charge on any atom is 0.324 e. The molecule has 0 aromatic heterocycles. The highest BCUT2D eigenvalue weighted by atomic mass is 16.5. The molecule has 0 radical (unpaired) electrons.